The number of rotatable bonds is 4. The number of hydrogen-bond donors (Lipinski definition) is 0. The van der Waals surface area contributed by atoms with Gasteiger partial charge in [-0.3, -0.25) is 4.79 Å². The van der Waals surface area contributed by atoms with E-state index in [9.17, 15) is 13.2 Å². The molecule has 1 aliphatic rings. The molecular weight excluding hydrogens is 302 g/mol. The van der Waals surface area contributed by atoms with Crippen LogP contribution < -0.4 is 4.74 Å². The molecule has 2 rings (SSSR count). The SMILES string of the molecule is COc1ccc(S(=O)(=O)Cl)cc1C(=O)N(C)C1CCC1. The minimum absolute atomic E-state index is 0.106. The van der Waals surface area contributed by atoms with Crippen LogP contribution in [-0.2, 0) is 9.05 Å². The first-order valence-electron chi connectivity index (χ1n) is 6.24. The van der Waals surface area contributed by atoms with Gasteiger partial charge in [0.05, 0.1) is 17.6 Å². The lowest BCUT2D eigenvalue weighted by molar-refractivity contribution is 0.0648. The van der Waals surface area contributed by atoms with E-state index < -0.39 is 9.05 Å². The average Bonchev–Trinajstić information content (AvgIpc) is 2.33. The fourth-order valence-electron chi connectivity index (χ4n) is 2.14. The molecule has 0 aliphatic heterocycles. The number of hydrogen-bond acceptors (Lipinski definition) is 4. The van der Waals surface area contributed by atoms with Crippen molar-refractivity contribution >= 4 is 25.6 Å². The van der Waals surface area contributed by atoms with Gasteiger partial charge in [0.15, 0.2) is 0 Å². The molecule has 0 bridgehead atoms. The molecule has 1 saturated carbocycles. The Morgan fingerprint density at radius 3 is 2.50 bits per heavy atom. The average molecular weight is 318 g/mol. The zero-order valence-corrected chi connectivity index (χ0v) is 12.9. The number of carbonyl (C=O) groups excluding carboxylic acids is 1. The van der Waals surface area contributed by atoms with Gasteiger partial charge >= 0.3 is 0 Å². The maximum atomic E-state index is 12.4. The van der Waals surface area contributed by atoms with Crippen LogP contribution >= 0.6 is 10.7 Å². The number of carbonyl (C=O) groups is 1. The highest BCUT2D eigenvalue weighted by Crippen LogP contribution is 2.29. The molecule has 0 atom stereocenters. The molecule has 5 nitrogen and oxygen atoms in total. The molecule has 0 unspecified atom stereocenters. The standard InChI is InChI=1S/C13H16ClNO4S/c1-15(9-4-3-5-9)13(16)11-8-10(20(14,17)18)6-7-12(11)19-2/h6-9H,3-5H2,1-2H3. The van der Waals surface area contributed by atoms with E-state index in [1.165, 1.54) is 25.3 Å². The van der Waals surface area contributed by atoms with Gasteiger partial charge in [0.2, 0.25) is 0 Å². The van der Waals surface area contributed by atoms with Crippen molar-refractivity contribution in [2.45, 2.75) is 30.2 Å². The summed E-state index contributed by atoms with van der Waals surface area (Å²) in [5.74, 6) is 0.0824. The highest BCUT2D eigenvalue weighted by molar-refractivity contribution is 8.13. The molecule has 1 aromatic carbocycles. The maximum absolute atomic E-state index is 12.4. The lowest BCUT2D eigenvalue weighted by atomic mass is 9.91. The summed E-state index contributed by atoms with van der Waals surface area (Å²) in [5, 5.41) is 0. The molecule has 20 heavy (non-hydrogen) atoms. The third-order valence-corrected chi connectivity index (χ3v) is 4.98. The number of halogens is 1. The molecule has 0 N–H and O–H groups in total. The Morgan fingerprint density at radius 1 is 1.40 bits per heavy atom. The van der Waals surface area contributed by atoms with E-state index in [0.29, 0.717) is 5.75 Å². The van der Waals surface area contributed by atoms with Crippen molar-refractivity contribution in [3.63, 3.8) is 0 Å². The predicted octanol–water partition coefficient (Wildman–Crippen LogP) is 2.25. The minimum Gasteiger partial charge on any atom is -0.496 e. The topological polar surface area (TPSA) is 63.7 Å². The van der Waals surface area contributed by atoms with Crippen LogP contribution in [0.3, 0.4) is 0 Å². The van der Waals surface area contributed by atoms with Gasteiger partial charge in [-0.1, -0.05) is 0 Å². The second-order valence-corrected chi connectivity index (χ2v) is 7.37. The fourth-order valence-corrected chi connectivity index (χ4v) is 2.91. The van der Waals surface area contributed by atoms with Crippen LogP contribution in [0, 0.1) is 0 Å². The smallest absolute Gasteiger partial charge is 0.261 e. The van der Waals surface area contributed by atoms with Gasteiger partial charge in [-0.2, -0.15) is 0 Å². The third-order valence-electron chi connectivity index (χ3n) is 3.63. The molecular formula is C13H16ClNO4S. The van der Waals surface area contributed by atoms with Crippen LogP contribution in [0.4, 0.5) is 0 Å². The van der Waals surface area contributed by atoms with E-state index in [0.717, 1.165) is 19.3 Å². The molecule has 0 aromatic heterocycles. The first-order chi connectivity index (χ1) is 9.34. The van der Waals surface area contributed by atoms with Crippen molar-refractivity contribution in [2.24, 2.45) is 0 Å². The third kappa shape index (κ3) is 2.91. The Kier molecular flexibility index (Phi) is 4.25. The number of benzene rings is 1. The summed E-state index contributed by atoms with van der Waals surface area (Å²) in [6, 6.07) is 4.24. The van der Waals surface area contributed by atoms with E-state index in [1.807, 2.05) is 0 Å². The Balaban J connectivity index is 2.39. The highest BCUT2D eigenvalue weighted by Gasteiger charge is 2.28. The van der Waals surface area contributed by atoms with Crippen LogP contribution in [0.5, 0.6) is 5.75 Å². The Labute approximate surface area is 122 Å². The minimum atomic E-state index is -3.88. The van der Waals surface area contributed by atoms with E-state index in [4.69, 9.17) is 15.4 Å². The Bertz CT molecular complexity index is 625. The molecule has 0 spiro atoms. The Hall–Kier alpha value is -1.27. The van der Waals surface area contributed by atoms with Crippen molar-refractivity contribution in [3.05, 3.63) is 23.8 Å². The van der Waals surface area contributed by atoms with Crippen LogP contribution in [0.2, 0.25) is 0 Å². The zero-order valence-electron chi connectivity index (χ0n) is 11.3. The van der Waals surface area contributed by atoms with Crippen LogP contribution in [0.15, 0.2) is 23.1 Å². The van der Waals surface area contributed by atoms with E-state index in [1.54, 1.807) is 11.9 Å². The van der Waals surface area contributed by atoms with Gasteiger partial charge in [0, 0.05) is 23.8 Å². The molecule has 0 heterocycles. The van der Waals surface area contributed by atoms with Gasteiger partial charge in [0.25, 0.3) is 15.0 Å². The van der Waals surface area contributed by atoms with Crippen molar-refractivity contribution in [1.29, 1.82) is 0 Å². The van der Waals surface area contributed by atoms with Crippen LogP contribution in [-0.4, -0.2) is 39.4 Å². The highest BCUT2D eigenvalue weighted by atomic mass is 35.7. The van der Waals surface area contributed by atoms with Gasteiger partial charge < -0.3 is 9.64 Å². The number of ether oxygens (including phenoxy) is 1. The molecule has 1 aliphatic carbocycles. The summed E-state index contributed by atoms with van der Waals surface area (Å²) in [6.07, 6.45) is 3.05. The quantitative estimate of drug-likeness (QED) is 0.799. The lowest BCUT2D eigenvalue weighted by Gasteiger charge is -2.35. The van der Waals surface area contributed by atoms with Crippen molar-refractivity contribution < 1.29 is 17.9 Å². The summed E-state index contributed by atoms with van der Waals surface area (Å²) in [5.41, 5.74) is 0.212. The molecule has 0 radical (unpaired) electrons. The first kappa shape index (κ1) is 15.1. The fraction of sp³-hybridized carbons (Fsp3) is 0.462. The number of amides is 1. The van der Waals surface area contributed by atoms with E-state index in [2.05, 4.69) is 0 Å². The number of nitrogens with zero attached hydrogens (tertiary/aromatic N) is 1. The summed E-state index contributed by atoms with van der Waals surface area (Å²) >= 11 is 0. The van der Waals surface area contributed by atoms with Gasteiger partial charge in [-0.25, -0.2) is 8.42 Å². The molecule has 1 aromatic rings. The van der Waals surface area contributed by atoms with Gasteiger partial charge in [-0.05, 0) is 37.5 Å². The van der Waals surface area contributed by atoms with Gasteiger partial charge in [-0.15, -0.1) is 0 Å². The first-order valence-corrected chi connectivity index (χ1v) is 8.55. The maximum Gasteiger partial charge on any atom is 0.261 e. The second-order valence-electron chi connectivity index (χ2n) is 4.80. The summed E-state index contributed by atoms with van der Waals surface area (Å²) < 4.78 is 27.9. The monoisotopic (exact) mass is 317 g/mol. The van der Waals surface area contributed by atoms with E-state index in [-0.39, 0.29) is 22.4 Å². The van der Waals surface area contributed by atoms with Crippen LogP contribution in [0.25, 0.3) is 0 Å². The molecule has 110 valence electrons. The predicted molar refractivity (Wildman–Crippen MR) is 75.8 cm³/mol. The number of methoxy groups -OCH3 is 1. The molecule has 1 fully saturated rings. The normalized spacial score (nSPS) is 15.6. The van der Waals surface area contributed by atoms with Crippen molar-refractivity contribution in [2.75, 3.05) is 14.2 Å². The summed E-state index contributed by atoms with van der Waals surface area (Å²) in [4.78, 5) is 14.0. The molecule has 0 saturated heterocycles. The molecule has 7 heteroatoms. The lowest BCUT2D eigenvalue weighted by Crippen LogP contribution is -2.41. The summed E-state index contributed by atoms with van der Waals surface area (Å²) in [7, 11) is 4.59. The second kappa shape index (κ2) is 5.61. The van der Waals surface area contributed by atoms with Crippen molar-refractivity contribution in [1.82, 2.24) is 4.90 Å². The Morgan fingerprint density at radius 2 is 2.05 bits per heavy atom. The largest absolute Gasteiger partial charge is 0.496 e. The molecule has 1 amide bonds. The van der Waals surface area contributed by atoms with Gasteiger partial charge in [0.1, 0.15) is 5.75 Å². The zero-order chi connectivity index (χ0) is 14.9. The van der Waals surface area contributed by atoms with Crippen LogP contribution in [0.1, 0.15) is 29.6 Å². The van der Waals surface area contributed by atoms with Crippen molar-refractivity contribution in [3.8, 4) is 5.75 Å². The van der Waals surface area contributed by atoms with E-state index >= 15 is 0 Å². The summed E-state index contributed by atoms with van der Waals surface area (Å²) in [6.45, 7) is 0.